The molecule has 1 amide bonds. The summed E-state index contributed by atoms with van der Waals surface area (Å²) in [7, 11) is 1.60. The Labute approximate surface area is 116 Å². The van der Waals surface area contributed by atoms with E-state index >= 15 is 0 Å². The van der Waals surface area contributed by atoms with Crippen molar-refractivity contribution in [1.82, 2.24) is 5.48 Å². The van der Waals surface area contributed by atoms with Crippen LogP contribution in [0.4, 0.5) is 0 Å². The molecule has 0 radical (unpaired) electrons. The zero-order valence-corrected chi connectivity index (χ0v) is 12.3. The number of halogens is 2. The molecule has 5 nitrogen and oxygen atoms in total. The summed E-state index contributed by atoms with van der Waals surface area (Å²) in [4.78, 5) is 15.3. The van der Waals surface area contributed by atoms with Crippen molar-refractivity contribution in [2.45, 2.75) is 6.54 Å². The van der Waals surface area contributed by atoms with E-state index < -0.39 is 5.91 Å². The first-order valence-electron chi connectivity index (χ1n) is 4.69. The molecule has 0 unspecified atom stereocenters. The topological polar surface area (TPSA) is 73.6 Å². The van der Waals surface area contributed by atoms with Gasteiger partial charge in [-0.25, -0.2) is 0 Å². The number of ether oxygens (including phenoxy) is 1. The highest BCUT2D eigenvalue weighted by Crippen LogP contribution is 2.34. The standard InChI is InChI=1S/C10H12Br2N2O3/c1-16-10-7(11)2-6(3-8(10)12)4-14-17-5-9(13)15/h2-3,14H,4-5H2,1H3,(H2,13,15). The van der Waals surface area contributed by atoms with E-state index in [9.17, 15) is 4.79 Å². The van der Waals surface area contributed by atoms with Crippen LogP contribution in [0.5, 0.6) is 5.75 Å². The van der Waals surface area contributed by atoms with Gasteiger partial charge in [0.15, 0.2) is 0 Å². The van der Waals surface area contributed by atoms with Gasteiger partial charge in [-0.1, -0.05) is 0 Å². The van der Waals surface area contributed by atoms with Crippen molar-refractivity contribution in [2.24, 2.45) is 5.73 Å². The summed E-state index contributed by atoms with van der Waals surface area (Å²) in [6.07, 6.45) is 0. The monoisotopic (exact) mass is 366 g/mol. The number of methoxy groups -OCH3 is 1. The van der Waals surface area contributed by atoms with E-state index in [1.165, 1.54) is 0 Å². The van der Waals surface area contributed by atoms with Crippen LogP contribution in [0.15, 0.2) is 21.1 Å². The van der Waals surface area contributed by atoms with E-state index in [1.54, 1.807) is 7.11 Å². The van der Waals surface area contributed by atoms with Crippen LogP contribution in [-0.4, -0.2) is 19.6 Å². The van der Waals surface area contributed by atoms with Gasteiger partial charge in [0, 0.05) is 6.54 Å². The number of nitrogens with two attached hydrogens (primary N) is 1. The Balaban J connectivity index is 2.58. The minimum absolute atomic E-state index is 0.154. The maximum Gasteiger partial charge on any atom is 0.245 e. The summed E-state index contributed by atoms with van der Waals surface area (Å²) in [5.41, 5.74) is 8.53. The summed E-state index contributed by atoms with van der Waals surface area (Å²) < 4.78 is 6.85. The lowest BCUT2D eigenvalue weighted by Gasteiger charge is -2.09. The summed E-state index contributed by atoms with van der Waals surface area (Å²) in [6.45, 7) is 0.299. The lowest BCUT2D eigenvalue weighted by molar-refractivity contribution is -0.125. The van der Waals surface area contributed by atoms with E-state index in [1.807, 2.05) is 12.1 Å². The van der Waals surface area contributed by atoms with Crippen LogP contribution < -0.4 is 16.0 Å². The number of hydroxylamine groups is 1. The molecule has 0 aliphatic heterocycles. The Morgan fingerprint density at radius 2 is 2.00 bits per heavy atom. The molecule has 0 saturated carbocycles. The fourth-order valence-electron chi connectivity index (χ4n) is 1.17. The van der Waals surface area contributed by atoms with Crippen LogP contribution in [0.1, 0.15) is 5.56 Å². The fraction of sp³-hybridized carbons (Fsp3) is 0.300. The Morgan fingerprint density at radius 1 is 1.41 bits per heavy atom. The molecule has 1 aromatic rings. The average Bonchev–Trinajstić information content (AvgIpc) is 2.24. The van der Waals surface area contributed by atoms with Crippen molar-refractivity contribution in [2.75, 3.05) is 13.7 Å². The largest absolute Gasteiger partial charge is 0.494 e. The fourth-order valence-corrected chi connectivity index (χ4v) is 2.77. The second-order valence-electron chi connectivity index (χ2n) is 3.17. The van der Waals surface area contributed by atoms with Crippen molar-refractivity contribution in [3.8, 4) is 5.75 Å². The maximum absolute atomic E-state index is 10.4. The van der Waals surface area contributed by atoms with Crippen molar-refractivity contribution >= 4 is 37.8 Å². The van der Waals surface area contributed by atoms with Crippen molar-refractivity contribution < 1.29 is 14.4 Å². The molecule has 0 saturated heterocycles. The van der Waals surface area contributed by atoms with E-state index in [2.05, 4.69) is 37.3 Å². The highest BCUT2D eigenvalue weighted by atomic mass is 79.9. The Bertz CT molecular complexity index is 390. The number of primary amides is 1. The predicted octanol–water partition coefficient (Wildman–Crippen LogP) is 1.73. The van der Waals surface area contributed by atoms with Gasteiger partial charge in [-0.3, -0.25) is 9.63 Å². The Kier molecular flexibility index (Phi) is 5.90. The SMILES string of the molecule is COc1c(Br)cc(CNOCC(N)=O)cc1Br. The van der Waals surface area contributed by atoms with E-state index in [0.717, 1.165) is 20.3 Å². The molecule has 94 valence electrons. The highest BCUT2D eigenvalue weighted by molar-refractivity contribution is 9.11. The first-order chi connectivity index (χ1) is 8.04. The molecule has 1 aromatic carbocycles. The molecule has 17 heavy (non-hydrogen) atoms. The average molecular weight is 368 g/mol. The van der Waals surface area contributed by atoms with Crippen LogP contribution >= 0.6 is 31.9 Å². The van der Waals surface area contributed by atoms with Gasteiger partial charge < -0.3 is 10.5 Å². The first kappa shape index (κ1) is 14.4. The smallest absolute Gasteiger partial charge is 0.245 e. The van der Waals surface area contributed by atoms with Crippen molar-refractivity contribution in [1.29, 1.82) is 0 Å². The van der Waals surface area contributed by atoms with E-state index in [4.69, 9.17) is 15.3 Å². The number of nitrogens with one attached hydrogen (secondary N) is 1. The summed E-state index contributed by atoms with van der Waals surface area (Å²) in [5, 5.41) is 0. The highest BCUT2D eigenvalue weighted by Gasteiger charge is 2.07. The lowest BCUT2D eigenvalue weighted by atomic mass is 10.2. The zero-order valence-electron chi connectivity index (χ0n) is 9.13. The molecule has 0 bridgehead atoms. The normalized spacial score (nSPS) is 10.3. The molecule has 7 heteroatoms. The Morgan fingerprint density at radius 3 is 2.47 bits per heavy atom. The molecule has 0 atom stereocenters. The number of rotatable bonds is 6. The molecule has 3 N–H and O–H groups in total. The molecular formula is C10H12Br2N2O3. The third-order valence-electron chi connectivity index (χ3n) is 1.85. The van der Waals surface area contributed by atoms with Gasteiger partial charge in [0.05, 0.1) is 16.1 Å². The van der Waals surface area contributed by atoms with Gasteiger partial charge in [0.2, 0.25) is 5.91 Å². The first-order valence-corrected chi connectivity index (χ1v) is 6.28. The lowest BCUT2D eigenvalue weighted by Crippen LogP contribution is -2.24. The van der Waals surface area contributed by atoms with Crippen LogP contribution in [0, 0.1) is 0 Å². The summed E-state index contributed by atoms with van der Waals surface area (Å²) >= 11 is 6.79. The third-order valence-corrected chi connectivity index (χ3v) is 3.03. The number of hydrogen-bond donors (Lipinski definition) is 2. The number of carbonyl (C=O) groups excluding carboxylic acids is 1. The molecule has 0 aliphatic rings. The van der Waals surface area contributed by atoms with Gasteiger partial charge >= 0.3 is 0 Å². The quantitative estimate of drug-likeness (QED) is 0.593. The van der Waals surface area contributed by atoms with Gasteiger partial charge in [-0.05, 0) is 49.6 Å². The number of amides is 1. The van der Waals surface area contributed by atoms with Crippen molar-refractivity contribution in [3.63, 3.8) is 0 Å². The summed E-state index contributed by atoms with van der Waals surface area (Å²) in [6, 6.07) is 3.79. The number of benzene rings is 1. The van der Waals surface area contributed by atoms with Crippen molar-refractivity contribution in [3.05, 3.63) is 26.6 Å². The molecular weight excluding hydrogens is 356 g/mol. The second kappa shape index (κ2) is 6.95. The third kappa shape index (κ3) is 4.63. The maximum atomic E-state index is 10.4. The molecule has 1 rings (SSSR count). The molecule has 0 spiro atoms. The van der Waals surface area contributed by atoms with Gasteiger partial charge in [0.25, 0.3) is 0 Å². The number of carbonyl (C=O) groups is 1. The van der Waals surface area contributed by atoms with E-state index in [0.29, 0.717) is 6.54 Å². The zero-order chi connectivity index (χ0) is 12.8. The van der Waals surface area contributed by atoms with E-state index in [-0.39, 0.29) is 6.61 Å². The van der Waals surface area contributed by atoms with Gasteiger partial charge in [0.1, 0.15) is 12.4 Å². The minimum atomic E-state index is -0.519. The summed E-state index contributed by atoms with van der Waals surface area (Å²) in [5.74, 6) is 0.210. The van der Waals surface area contributed by atoms with Gasteiger partial charge in [-0.2, -0.15) is 5.48 Å². The van der Waals surface area contributed by atoms with Crippen LogP contribution in [0.25, 0.3) is 0 Å². The van der Waals surface area contributed by atoms with Crippen LogP contribution in [-0.2, 0) is 16.2 Å². The van der Waals surface area contributed by atoms with Crippen LogP contribution in [0.2, 0.25) is 0 Å². The minimum Gasteiger partial charge on any atom is -0.494 e. The molecule has 0 fully saturated rings. The number of hydrogen-bond acceptors (Lipinski definition) is 4. The predicted molar refractivity (Wildman–Crippen MR) is 70.4 cm³/mol. The van der Waals surface area contributed by atoms with Crippen LogP contribution in [0.3, 0.4) is 0 Å². The molecule has 0 aliphatic carbocycles. The molecule has 0 heterocycles. The second-order valence-corrected chi connectivity index (χ2v) is 4.88. The molecule has 0 aromatic heterocycles. The van der Waals surface area contributed by atoms with Gasteiger partial charge in [-0.15, -0.1) is 0 Å². The Hall–Kier alpha value is -0.630.